The van der Waals surface area contributed by atoms with Crippen molar-refractivity contribution in [3.05, 3.63) is 84.8 Å². The highest BCUT2D eigenvalue weighted by atomic mass is 35.5. The highest BCUT2D eigenvalue weighted by Crippen LogP contribution is 2.37. The van der Waals surface area contributed by atoms with E-state index in [0.29, 0.717) is 6.07 Å². The molecule has 0 fully saturated rings. The topological polar surface area (TPSA) is 351 Å². The first-order valence-corrected chi connectivity index (χ1v) is 20.4. The van der Waals surface area contributed by atoms with Gasteiger partial charge in [-0.2, -0.15) is 28.1 Å². The number of nitro benzene ring substituents is 1. The van der Waals surface area contributed by atoms with Crippen LogP contribution in [-0.4, -0.2) is 98.4 Å². The van der Waals surface area contributed by atoms with Crippen LogP contribution in [0.4, 0.5) is 29.6 Å². The second-order valence-electron chi connectivity index (χ2n) is 11.2. The number of carbonyl (C=O) groups excluding carboxylic acids is 1. The molecule has 59 heavy (non-hydrogen) atoms. The molecule has 0 saturated heterocycles. The molecule has 0 radical (unpaired) electrons. The van der Waals surface area contributed by atoms with Gasteiger partial charge in [0.2, 0.25) is 5.95 Å². The molecular formula is C30H30ClF3N7O15PS2. The minimum absolute atomic E-state index is 0.0412. The van der Waals surface area contributed by atoms with Crippen LogP contribution in [0.15, 0.2) is 52.7 Å². The Bertz CT molecular complexity index is 2380. The summed E-state index contributed by atoms with van der Waals surface area (Å²) in [6, 6.07) is 4.09. The predicted molar refractivity (Wildman–Crippen MR) is 199 cm³/mol. The van der Waals surface area contributed by atoms with Gasteiger partial charge >= 0.3 is 36.1 Å². The molecule has 0 bridgehead atoms. The number of aryl methyl sites for hydroxylation is 1. The van der Waals surface area contributed by atoms with Crippen molar-refractivity contribution in [3.63, 3.8) is 0 Å². The van der Waals surface area contributed by atoms with Crippen molar-refractivity contribution in [3.8, 4) is 17.5 Å². The number of sulfonamides is 1. The molecule has 2 heterocycles. The van der Waals surface area contributed by atoms with E-state index in [9.17, 15) is 55.4 Å². The van der Waals surface area contributed by atoms with Crippen molar-refractivity contribution < 1.29 is 79.9 Å². The number of methoxy groups -OCH3 is 1. The van der Waals surface area contributed by atoms with Gasteiger partial charge in [0.15, 0.2) is 7.37 Å². The zero-order valence-electron chi connectivity index (χ0n) is 30.0. The number of aromatic carboxylic acids is 2. The number of carboxylic acid groups (broad SMARTS) is 3. The molecule has 2 atom stereocenters. The molecule has 0 spiro atoms. The third-order valence-corrected chi connectivity index (χ3v) is 10.3. The third kappa shape index (κ3) is 15.7. The van der Waals surface area contributed by atoms with Gasteiger partial charge in [-0.3, -0.25) is 24.8 Å². The fourth-order valence-electron chi connectivity index (χ4n) is 3.87. The number of urea groups is 1. The lowest BCUT2D eigenvalue weighted by atomic mass is 10.1. The highest BCUT2D eigenvalue weighted by molar-refractivity contribution is 7.90. The van der Waals surface area contributed by atoms with E-state index in [1.54, 1.807) is 4.72 Å². The van der Waals surface area contributed by atoms with Gasteiger partial charge in [-0.1, -0.05) is 11.6 Å². The van der Waals surface area contributed by atoms with Crippen LogP contribution in [0.5, 0.6) is 17.5 Å². The van der Waals surface area contributed by atoms with Crippen molar-refractivity contribution >= 4 is 75.9 Å². The molecule has 320 valence electrons. The number of benzene rings is 2. The van der Waals surface area contributed by atoms with E-state index in [1.165, 1.54) is 26.1 Å². The quantitative estimate of drug-likeness (QED) is 0.0532. The normalized spacial score (nSPS) is 12.5. The molecule has 0 aliphatic rings. The lowest BCUT2D eigenvalue weighted by Crippen LogP contribution is -2.35. The van der Waals surface area contributed by atoms with Crippen LogP contribution in [0, 0.1) is 17.0 Å². The van der Waals surface area contributed by atoms with Gasteiger partial charge in [0.05, 0.1) is 22.6 Å². The van der Waals surface area contributed by atoms with Crippen LogP contribution in [0.1, 0.15) is 37.8 Å². The number of nitrogens with zero attached hydrogens (tertiary/aromatic N) is 4. The van der Waals surface area contributed by atoms with E-state index >= 15 is 0 Å². The monoisotopic (exact) mass is 915 g/mol. The molecular weight excluding hydrogens is 886 g/mol. The Kier molecular flexibility index (Phi) is 17.2. The number of nitrogens with two attached hydrogens (primary N) is 1. The van der Waals surface area contributed by atoms with Crippen LogP contribution in [0.2, 0.25) is 5.02 Å². The average Bonchev–Trinajstić information content (AvgIpc) is 3.63. The fraction of sp³-hybridized carbons (Fsp3) is 0.233. The number of aromatic nitrogens is 3. The molecule has 0 aliphatic heterocycles. The number of carbonyl (C=O) groups is 4. The summed E-state index contributed by atoms with van der Waals surface area (Å²) in [6.07, 6.45) is -4.58. The lowest BCUT2D eigenvalue weighted by molar-refractivity contribution is -0.385. The number of anilines is 1. The first kappa shape index (κ1) is 49.2. The summed E-state index contributed by atoms with van der Waals surface area (Å²) in [4.78, 5) is 73.0. The van der Waals surface area contributed by atoms with Crippen molar-refractivity contribution in [2.75, 3.05) is 25.3 Å². The number of alkyl halides is 3. The average molecular weight is 916 g/mol. The summed E-state index contributed by atoms with van der Waals surface area (Å²) in [5.41, 5.74) is 2.85. The first-order valence-electron chi connectivity index (χ1n) is 15.4. The smallest absolute Gasteiger partial charge is 0.416 e. The zero-order valence-corrected chi connectivity index (χ0v) is 33.3. The number of nitro groups is 1. The van der Waals surface area contributed by atoms with Gasteiger partial charge < -0.3 is 35.4 Å². The second kappa shape index (κ2) is 20.6. The number of thiophene rings is 1. The van der Waals surface area contributed by atoms with E-state index in [1.807, 2.05) is 0 Å². The summed E-state index contributed by atoms with van der Waals surface area (Å²) in [7, 11) is -6.16. The van der Waals surface area contributed by atoms with Gasteiger partial charge in [0, 0.05) is 25.0 Å². The molecule has 2 aromatic heterocycles. The summed E-state index contributed by atoms with van der Waals surface area (Å²) < 4.78 is 84.2. The maximum absolute atomic E-state index is 12.6. The number of ether oxygens (including phenoxy) is 2. The Morgan fingerprint density at radius 3 is 2.22 bits per heavy atom. The van der Waals surface area contributed by atoms with Crippen LogP contribution >= 0.6 is 30.3 Å². The molecule has 8 N–H and O–H groups in total. The minimum Gasteiger partial charge on any atom is -0.480 e. The summed E-state index contributed by atoms with van der Waals surface area (Å²) in [5.74, 6) is -4.37. The molecule has 29 heteroatoms. The molecule has 4 rings (SSSR count). The van der Waals surface area contributed by atoms with E-state index in [4.69, 9.17) is 47.0 Å². The number of halogens is 4. The number of rotatable bonds is 13. The van der Waals surface area contributed by atoms with E-state index in [0.717, 1.165) is 47.7 Å². The van der Waals surface area contributed by atoms with Gasteiger partial charge in [0.1, 0.15) is 38.7 Å². The van der Waals surface area contributed by atoms with Gasteiger partial charge in [-0.15, -0.1) is 11.3 Å². The third-order valence-electron chi connectivity index (χ3n) is 6.53. The molecule has 0 aliphatic carbocycles. The Hall–Kier alpha value is -5.99. The molecule has 2 amide bonds. The molecule has 0 saturated carbocycles. The fourth-order valence-corrected chi connectivity index (χ4v) is 7.02. The predicted octanol–water partition coefficient (Wildman–Crippen LogP) is 4.90. The Morgan fingerprint density at radius 1 is 1.07 bits per heavy atom. The standard InChI is InChI=1S/C14H7ClF3NO5.C11H11N5O6S2.C5H12NO4P/c15-10-5-7(14(16,17)18)1-4-12(10)24-8-2-3-11(19(22)23)9(6-8)13(20)21;1-5-12-9(15-11(13-5)22-2)14-10(19)16-24(20,21)6-3-4-23-7(6)8(17)18;1-11(9,10)3-2-4(6)5(7)8/h1-6H,(H,20,21);3-4H,1-2H3,(H,17,18)(H2,12,13,14,15,16,19);4H,2-3,6H2,1H3,(H,7,8)(H,9,10). The SMILES string of the molecule is COc1nc(C)nc(NC(=O)NS(=O)(=O)c2ccsc2C(=O)O)n1.CP(=O)(O)CCC(N)C(=O)O.O=C(O)c1cc(Oc2ccc(C(F)(F)F)cc2Cl)ccc1[N+](=O)[O-]. The Morgan fingerprint density at radius 2 is 1.71 bits per heavy atom. The van der Waals surface area contributed by atoms with E-state index in [-0.39, 0.29) is 46.9 Å². The van der Waals surface area contributed by atoms with Gasteiger partial charge in [-0.05, 0) is 49.1 Å². The number of hydrogen-bond donors (Lipinski definition) is 7. The Labute approximate surface area is 338 Å². The van der Waals surface area contributed by atoms with Crippen LogP contribution in [-0.2, 0) is 25.6 Å². The summed E-state index contributed by atoms with van der Waals surface area (Å²) in [6.45, 7) is 2.70. The molecule has 22 nitrogen and oxygen atoms in total. The van der Waals surface area contributed by atoms with E-state index in [2.05, 4.69) is 20.3 Å². The van der Waals surface area contributed by atoms with Crippen molar-refractivity contribution in [2.24, 2.45) is 5.73 Å². The summed E-state index contributed by atoms with van der Waals surface area (Å²) >= 11 is 6.44. The lowest BCUT2D eigenvalue weighted by Gasteiger charge is -2.11. The maximum atomic E-state index is 12.6. The molecule has 2 unspecified atom stereocenters. The van der Waals surface area contributed by atoms with Crippen LogP contribution in [0.3, 0.4) is 0 Å². The summed E-state index contributed by atoms with van der Waals surface area (Å²) in [5, 5.41) is 40.0. The van der Waals surface area contributed by atoms with Crippen LogP contribution < -0.4 is 25.2 Å². The van der Waals surface area contributed by atoms with Gasteiger partial charge in [-0.25, -0.2) is 27.5 Å². The van der Waals surface area contributed by atoms with Crippen molar-refractivity contribution in [2.45, 2.75) is 30.5 Å². The number of hydrogen-bond acceptors (Lipinski definition) is 16. The van der Waals surface area contributed by atoms with Crippen molar-refractivity contribution in [1.29, 1.82) is 0 Å². The Balaban J connectivity index is 0.000000327. The highest BCUT2D eigenvalue weighted by Gasteiger charge is 2.31. The molecule has 2 aromatic carbocycles. The largest absolute Gasteiger partial charge is 0.480 e. The number of nitrogens with one attached hydrogen (secondary N) is 2. The number of carboxylic acids is 3. The van der Waals surface area contributed by atoms with Crippen molar-refractivity contribution in [1.82, 2.24) is 19.7 Å². The zero-order chi connectivity index (χ0) is 45.0. The first-order chi connectivity index (χ1) is 27.1. The maximum Gasteiger partial charge on any atom is 0.416 e. The number of aliphatic carboxylic acids is 1. The van der Waals surface area contributed by atoms with E-state index < -0.39 is 85.1 Å². The van der Waals surface area contributed by atoms with Crippen LogP contribution in [0.25, 0.3) is 0 Å². The second-order valence-corrected chi connectivity index (χ2v) is 16.7. The minimum atomic E-state index is -4.58. The van der Waals surface area contributed by atoms with Gasteiger partial charge in [0.25, 0.3) is 15.7 Å². The number of amides is 2. The molecule has 4 aromatic rings.